The minimum absolute atomic E-state index is 0.386. The molecule has 0 aliphatic carbocycles. The number of hydrogen-bond acceptors (Lipinski definition) is 2. The van der Waals surface area contributed by atoms with Gasteiger partial charge in [-0.1, -0.05) is 72.8 Å². The van der Waals surface area contributed by atoms with Crippen LogP contribution in [0, 0.1) is 0 Å². The van der Waals surface area contributed by atoms with Gasteiger partial charge >= 0.3 is 5.97 Å². The molecule has 0 bridgehead atoms. The maximum absolute atomic E-state index is 11.8. The summed E-state index contributed by atoms with van der Waals surface area (Å²) in [6, 6.07) is 27.2. The average Bonchev–Trinajstić information content (AvgIpc) is 2.70. The Hall–Kier alpha value is -3.20. The Labute approximate surface area is 147 Å². The Balaban J connectivity index is 0.00000109. The quantitative estimate of drug-likeness (QED) is 0.355. The number of halogens is 1. The first-order valence-corrected chi connectivity index (χ1v) is 7.79. The first kappa shape index (κ1) is 18.1. The fourth-order valence-electron chi connectivity index (χ4n) is 2.22. The molecule has 0 unspecified atom stereocenters. The van der Waals surface area contributed by atoms with Gasteiger partial charge in [0.2, 0.25) is 0 Å². The fraction of sp³-hybridized carbons (Fsp3) is 0.0455. The molecule has 0 fully saturated rings. The summed E-state index contributed by atoms with van der Waals surface area (Å²) in [7, 11) is 0.500. The molecule has 0 spiro atoms. The van der Waals surface area contributed by atoms with Crippen molar-refractivity contribution in [3.8, 4) is 16.9 Å². The molecule has 126 valence electrons. The van der Waals surface area contributed by atoms with E-state index in [1.54, 1.807) is 18.2 Å². The topological polar surface area (TPSA) is 26.3 Å². The van der Waals surface area contributed by atoms with Crippen LogP contribution in [0.3, 0.4) is 0 Å². The molecule has 0 radical (unpaired) electrons. The van der Waals surface area contributed by atoms with Gasteiger partial charge in [-0.05, 0) is 34.9 Å². The van der Waals surface area contributed by atoms with Crippen molar-refractivity contribution < 1.29 is 13.9 Å². The summed E-state index contributed by atoms with van der Waals surface area (Å²) >= 11 is 0. The van der Waals surface area contributed by atoms with E-state index < -0.39 is 0 Å². The molecule has 0 aromatic heterocycles. The molecule has 3 rings (SSSR count). The highest BCUT2D eigenvalue weighted by Gasteiger charge is 2.00. The molecular weight excluding hydrogens is 315 g/mol. The van der Waals surface area contributed by atoms with Gasteiger partial charge in [0, 0.05) is 6.08 Å². The first-order chi connectivity index (χ1) is 12.3. The zero-order valence-corrected chi connectivity index (χ0v) is 13.9. The van der Waals surface area contributed by atoms with Gasteiger partial charge in [-0.2, -0.15) is 0 Å². The van der Waals surface area contributed by atoms with Gasteiger partial charge in [0.1, 0.15) is 5.75 Å². The van der Waals surface area contributed by atoms with Gasteiger partial charge < -0.3 is 4.74 Å². The zero-order chi connectivity index (χ0) is 17.9. The second kappa shape index (κ2) is 9.83. The maximum Gasteiger partial charge on any atom is 0.336 e. The van der Waals surface area contributed by atoms with E-state index in [9.17, 15) is 9.18 Å². The largest absolute Gasteiger partial charge is 0.423 e. The standard InChI is InChI=1S/C21H16O2.CH3F/c22-21(23-20-9-5-2-6-10-20)16-13-17-11-14-19(15-12-17)18-7-3-1-4-8-18;1-2/h1-16H;1H3/b16-13+;. The summed E-state index contributed by atoms with van der Waals surface area (Å²) in [5.74, 6) is 0.157. The second-order valence-corrected chi connectivity index (χ2v) is 5.06. The molecule has 0 saturated carbocycles. The van der Waals surface area contributed by atoms with E-state index >= 15 is 0 Å². The average molecular weight is 334 g/mol. The fourth-order valence-corrected chi connectivity index (χ4v) is 2.22. The van der Waals surface area contributed by atoms with Crippen LogP contribution in [0.25, 0.3) is 17.2 Å². The van der Waals surface area contributed by atoms with Gasteiger partial charge in [-0.25, -0.2) is 4.79 Å². The minimum Gasteiger partial charge on any atom is -0.423 e. The monoisotopic (exact) mass is 334 g/mol. The van der Waals surface area contributed by atoms with Crippen molar-refractivity contribution in [2.75, 3.05) is 7.18 Å². The van der Waals surface area contributed by atoms with Gasteiger partial charge in [-0.15, -0.1) is 0 Å². The lowest BCUT2D eigenvalue weighted by atomic mass is 10.0. The summed E-state index contributed by atoms with van der Waals surface area (Å²) in [6.45, 7) is 0. The predicted octanol–water partition coefficient (Wildman–Crippen LogP) is 5.56. The summed E-state index contributed by atoms with van der Waals surface area (Å²) in [5, 5.41) is 0. The van der Waals surface area contributed by atoms with Crippen molar-refractivity contribution in [1.82, 2.24) is 0 Å². The Bertz CT molecular complexity index is 794. The molecule has 0 aliphatic rings. The second-order valence-electron chi connectivity index (χ2n) is 5.06. The van der Waals surface area contributed by atoms with E-state index in [-0.39, 0.29) is 5.97 Å². The van der Waals surface area contributed by atoms with Crippen molar-refractivity contribution in [2.45, 2.75) is 0 Å². The van der Waals surface area contributed by atoms with Crippen LogP contribution in [0.1, 0.15) is 5.56 Å². The van der Waals surface area contributed by atoms with Crippen molar-refractivity contribution >= 4 is 12.0 Å². The SMILES string of the molecule is CF.O=C(/C=C/c1ccc(-c2ccccc2)cc1)Oc1ccccc1. The molecule has 3 aromatic carbocycles. The Morgan fingerprint density at radius 2 is 1.28 bits per heavy atom. The first-order valence-electron chi connectivity index (χ1n) is 7.79. The van der Waals surface area contributed by atoms with Crippen LogP contribution < -0.4 is 4.74 Å². The summed E-state index contributed by atoms with van der Waals surface area (Å²) in [4.78, 5) is 11.8. The molecule has 0 saturated heterocycles. The summed E-state index contributed by atoms with van der Waals surface area (Å²) in [6.07, 6.45) is 3.19. The summed E-state index contributed by atoms with van der Waals surface area (Å²) < 4.78 is 14.7. The van der Waals surface area contributed by atoms with E-state index in [1.807, 2.05) is 60.7 Å². The Kier molecular flexibility index (Phi) is 7.13. The van der Waals surface area contributed by atoms with E-state index in [0.29, 0.717) is 12.9 Å². The predicted molar refractivity (Wildman–Crippen MR) is 100 cm³/mol. The van der Waals surface area contributed by atoms with Gasteiger partial charge in [0.25, 0.3) is 0 Å². The smallest absolute Gasteiger partial charge is 0.336 e. The number of carbonyl (C=O) groups is 1. The number of benzene rings is 3. The molecule has 0 aliphatic heterocycles. The van der Waals surface area contributed by atoms with Crippen molar-refractivity contribution in [3.63, 3.8) is 0 Å². The van der Waals surface area contributed by atoms with E-state index in [1.165, 1.54) is 11.6 Å². The molecular formula is C22H19FO2. The van der Waals surface area contributed by atoms with Crippen molar-refractivity contribution in [3.05, 3.63) is 96.6 Å². The summed E-state index contributed by atoms with van der Waals surface area (Å²) in [5.41, 5.74) is 3.27. The van der Waals surface area contributed by atoms with Crippen molar-refractivity contribution in [2.24, 2.45) is 0 Å². The molecule has 3 heteroatoms. The van der Waals surface area contributed by atoms with E-state index in [2.05, 4.69) is 12.1 Å². The van der Waals surface area contributed by atoms with E-state index in [4.69, 9.17) is 4.74 Å². The lowest BCUT2D eigenvalue weighted by Gasteiger charge is -2.02. The van der Waals surface area contributed by atoms with Crippen LogP contribution in [-0.2, 0) is 4.79 Å². The Morgan fingerprint density at radius 1 is 0.760 bits per heavy atom. The Morgan fingerprint density at radius 3 is 1.88 bits per heavy atom. The molecule has 2 nitrogen and oxygen atoms in total. The normalized spacial score (nSPS) is 10.0. The molecule has 0 amide bonds. The number of hydrogen-bond donors (Lipinski definition) is 0. The zero-order valence-electron chi connectivity index (χ0n) is 13.9. The van der Waals surface area contributed by atoms with Crippen LogP contribution in [0.4, 0.5) is 4.39 Å². The number of carbonyl (C=O) groups excluding carboxylic acids is 1. The van der Waals surface area contributed by atoms with E-state index in [0.717, 1.165) is 11.1 Å². The maximum atomic E-state index is 11.8. The third kappa shape index (κ3) is 5.74. The highest BCUT2D eigenvalue weighted by molar-refractivity contribution is 5.88. The number of rotatable bonds is 4. The lowest BCUT2D eigenvalue weighted by Crippen LogP contribution is -2.03. The van der Waals surface area contributed by atoms with Crippen LogP contribution in [0.15, 0.2) is 91.0 Å². The highest BCUT2D eigenvalue weighted by Crippen LogP contribution is 2.19. The number of ether oxygens (including phenoxy) is 1. The number of esters is 1. The molecule has 3 aromatic rings. The number of alkyl halides is 1. The minimum atomic E-state index is -0.386. The van der Waals surface area contributed by atoms with Gasteiger partial charge in [0.05, 0.1) is 7.18 Å². The van der Waals surface area contributed by atoms with Gasteiger partial charge in [0.15, 0.2) is 0 Å². The lowest BCUT2D eigenvalue weighted by molar-refractivity contribution is -0.128. The molecule has 25 heavy (non-hydrogen) atoms. The van der Waals surface area contributed by atoms with Crippen LogP contribution in [-0.4, -0.2) is 13.1 Å². The van der Waals surface area contributed by atoms with Crippen LogP contribution >= 0.6 is 0 Å². The molecule has 0 N–H and O–H groups in total. The molecule has 0 atom stereocenters. The van der Waals surface area contributed by atoms with Crippen LogP contribution in [0.2, 0.25) is 0 Å². The van der Waals surface area contributed by atoms with Crippen molar-refractivity contribution in [1.29, 1.82) is 0 Å². The molecule has 0 heterocycles. The third-order valence-corrected chi connectivity index (χ3v) is 3.39. The third-order valence-electron chi connectivity index (χ3n) is 3.39. The number of para-hydroxylation sites is 1. The highest BCUT2D eigenvalue weighted by atomic mass is 19.1. The van der Waals surface area contributed by atoms with Gasteiger partial charge in [-0.3, -0.25) is 4.39 Å². The van der Waals surface area contributed by atoms with Crippen LogP contribution in [0.5, 0.6) is 5.75 Å².